The molecule has 0 radical (unpaired) electrons. The SMILES string of the molecule is CC.CC[C@@H]1COc2cc(OCc3cccc(-c4c(C)cc(OCCOC5CC5)c5c4CC5)c3)ccc21. The van der Waals surface area contributed by atoms with Crippen molar-refractivity contribution < 1.29 is 18.9 Å². The second-order valence-corrected chi connectivity index (χ2v) is 10.0. The molecule has 0 bridgehead atoms. The van der Waals surface area contributed by atoms with Crippen LogP contribution in [0.15, 0.2) is 48.5 Å². The summed E-state index contributed by atoms with van der Waals surface area (Å²) in [6.45, 7) is 11.0. The van der Waals surface area contributed by atoms with Gasteiger partial charge in [-0.1, -0.05) is 45.0 Å². The van der Waals surface area contributed by atoms with E-state index in [4.69, 9.17) is 18.9 Å². The lowest BCUT2D eigenvalue weighted by Gasteiger charge is -2.28. The van der Waals surface area contributed by atoms with Crippen LogP contribution in [0.1, 0.15) is 73.8 Å². The molecule has 0 unspecified atom stereocenters. The zero-order valence-electron chi connectivity index (χ0n) is 22.8. The molecule has 3 aromatic rings. The molecule has 1 fully saturated rings. The Morgan fingerprint density at radius 1 is 0.919 bits per heavy atom. The maximum absolute atomic E-state index is 6.16. The van der Waals surface area contributed by atoms with E-state index in [0.717, 1.165) is 43.1 Å². The molecule has 0 spiro atoms. The molecule has 1 atom stereocenters. The van der Waals surface area contributed by atoms with Gasteiger partial charge in [-0.15, -0.1) is 0 Å². The van der Waals surface area contributed by atoms with Crippen molar-refractivity contribution in [2.75, 3.05) is 19.8 Å². The fourth-order valence-electron chi connectivity index (χ4n) is 5.32. The number of rotatable bonds is 10. The van der Waals surface area contributed by atoms with Crippen LogP contribution in [0.3, 0.4) is 0 Å². The van der Waals surface area contributed by atoms with Crippen LogP contribution in [0.2, 0.25) is 0 Å². The number of aryl methyl sites for hydroxylation is 1. The monoisotopic (exact) mass is 500 g/mol. The van der Waals surface area contributed by atoms with E-state index in [9.17, 15) is 0 Å². The van der Waals surface area contributed by atoms with Gasteiger partial charge in [-0.3, -0.25) is 0 Å². The Labute approximate surface area is 221 Å². The van der Waals surface area contributed by atoms with Crippen LogP contribution in [0, 0.1) is 6.92 Å². The molecule has 3 aromatic carbocycles. The van der Waals surface area contributed by atoms with Crippen LogP contribution in [-0.4, -0.2) is 25.9 Å². The van der Waals surface area contributed by atoms with Gasteiger partial charge in [-0.2, -0.15) is 0 Å². The first-order valence-electron chi connectivity index (χ1n) is 14.1. The summed E-state index contributed by atoms with van der Waals surface area (Å²) < 4.78 is 23.9. The second kappa shape index (κ2) is 11.6. The van der Waals surface area contributed by atoms with Crippen LogP contribution < -0.4 is 14.2 Å². The molecule has 1 heterocycles. The van der Waals surface area contributed by atoms with Crippen LogP contribution in [0.25, 0.3) is 11.1 Å². The molecular formula is C33H40O4. The van der Waals surface area contributed by atoms with E-state index in [-0.39, 0.29) is 0 Å². The van der Waals surface area contributed by atoms with E-state index in [1.54, 1.807) is 0 Å². The number of fused-ring (bicyclic) bond motifs is 2. The second-order valence-electron chi connectivity index (χ2n) is 10.0. The lowest BCUT2D eigenvalue weighted by molar-refractivity contribution is 0.0876. The van der Waals surface area contributed by atoms with Crippen LogP contribution in [0.4, 0.5) is 0 Å². The van der Waals surface area contributed by atoms with Gasteiger partial charge in [0, 0.05) is 17.5 Å². The highest BCUT2D eigenvalue weighted by Crippen LogP contribution is 2.42. The Bertz CT molecular complexity index is 1230. The third-order valence-corrected chi connectivity index (χ3v) is 7.53. The summed E-state index contributed by atoms with van der Waals surface area (Å²) in [5.74, 6) is 3.37. The van der Waals surface area contributed by atoms with Crippen molar-refractivity contribution in [2.45, 2.75) is 78.4 Å². The predicted molar refractivity (Wildman–Crippen MR) is 149 cm³/mol. The molecule has 196 valence electrons. The molecule has 1 aliphatic heterocycles. The highest BCUT2D eigenvalue weighted by molar-refractivity contribution is 5.76. The van der Waals surface area contributed by atoms with Crippen molar-refractivity contribution >= 4 is 0 Å². The maximum Gasteiger partial charge on any atom is 0.126 e. The van der Waals surface area contributed by atoms with E-state index in [1.165, 1.54) is 51.8 Å². The molecule has 0 N–H and O–H groups in total. The maximum atomic E-state index is 6.16. The average Bonchev–Trinajstić information content (AvgIpc) is 3.65. The van der Waals surface area contributed by atoms with Gasteiger partial charge in [0.15, 0.2) is 0 Å². The molecule has 0 saturated heterocycles. The van der Waals surface area contributed by atoms with Gasteiger partial charge in [0.1, 0.15) is 30.5 Å². The minimum Gasteiger partial charge on any atom is -0.493 e. The molecule has 6 rings (SSSR count). The van der Waals surface area contributed by atoms with Crippen molar-refractivity contribution in [3.63, 3.8) is 0 Å². The predicted octanol–water partition coefficient (Wildman–Crippen LogP) is 7.81. The number of hydrogen-bond acceptors (Lipinski definition) is 4. The van der Waals surface area contributed by atoms with Gasteiger partial charge in [0.25, 0.3) is 0 Å². The summed E-state index contributed by atoms with van der Waals surface area (Å²) >= 11 is 0. The summed E-state index contributed by atoms with van der Waals surface area (Å²) in [6.07, 6.45) is 6.18. The van der Waals surface area contributed by atoms with Crippen molar-refractivity contribution in [3.05, 3.63) is 76.3 Å². The quantitative estimate of drug-likeness (QED) is 0.266. The smallest absolute Gasteiger partial charge is 0.126 e. The molecule has 4 heteroatoms. The van der Waals surface area contributed by atoms with Gasteiger partial charge < -0.3 is 18.9 Å². The zero-order chi connectivity index (χ0) is 25.8. The van der Waals surface area contributed by atoms with Crippen LogP contribution in [-0.2, 0) is 24.2 Å². The normalized spacial score (nSPS) is 17.0. The fraction of sp³-hybridized carbons (Fsp3) is 0.455. The zero-order valence-corrected chi connectivity index (χ0v) is 22.8. The lowest BCUT2D eigenvalue weighted by Crippen LogP contribution is -2.16. The summed E-state index contributed by atoms with van der Waals surface area (Å²) in [5.41, 5.74) is 9.14. The fourth-order valence-corrected chi connectivity index (χ4v) is 5.32. The Kier molecular flexibility index (Phi) is 8.05. The number of benzene rings is 3. The Balaban J connectivity index is 0.00000137. The minimum atomic E-state index is 0.478. The molecule has 0 amide bonds. The van der Waals surface area contributed by atoms with E-state index >= 15 is 0 Å². The molecule has 4 nitrogen and oxygen atoms in total. The van der Waals surface area contributed by atoms with Crippen molar-refractivity contribution in [2.24, 2.45) is 0 Å². The first-order chi connectivity index (χ1) is 18.2. The highest BCUT2D eigenvalue weighted by Gasteiger charge is 2.26. The summed E-state index contributed by atoms with van der Waals surface area (Å²) in [7, 11) is 0. The first kappa shape index (κ1) is 25.7. The third-order valence-electron chi connectivity index (χ3n) is 7.53. The van der Waals surface area contributed by atoms with E-state index in [2.05, 4.69) is 56.3 Å². The Morgan fingerprint density at radius 3 is 2.51 bits per heavy atom. The Hall–Kier alpha value is -2.98. The average molecular weight is 501 g/mol. The lowest BCUT2D eigenvalue weighted by atomic mass is 9.79. The molecule has 37 heavy (non-hydrogen) atoms. The molecule has 3 aliphatic rings. The largest absolute Gasteiger partial charge is 0.493 e. The molecule has 1 saturated carbocycles. The van der Waals surface area contributed by atoms with Crippen LogP contribution in [0.5, 0.6) is 17.2 Å². The number of hydrogen-bond donors (Lipinski definition) is 0. The van der Waals surface area contributed by atoms with E-state index in [1.807, 2.05) is 19.9 Å². The van der Waals surface area contributed by atoms with Crippen molar-refractivity contribution in [3.8, 4) is 28.4 Å². The van der Waals surface area contributed by atoms with Gasteiger partial charge in [0.2, 0.25) is 0 Å². The summed E-state index contributed by atoms with van der Waals surface area (Å²) in [6, 6.07) is 17.2. The van der Waals surface area contributed by atoms with Gasteiger partial charge >= 0.3 is 0 Å². The first-order valence-corrected chi connectivity index (χ1v) is 14.1. The molecule has 2 aliphatic carbocycles. The topological polar surface area (TPSA) is 36.9 Å². The van der Waals surface area contributed by atoms with E-state index < -0.39 is 0 Å². The Morgan fingerprint density at radius 2 is 1.76 bits per heavy atom. The summed E-state index contributed by atoms with van der Waals surface area (Å²) in [4.78, 5) is 0. The van der Waals surface area contributed by atoms with Gasteiger partial charge in [-0.25, -0.2) is 0 Å². The summed E-state index contributed by atoms with van der Waals surface area (Å²) in [5, 5.41) is 0. The van der Waals surface area contributed by atoms with Crippen molar-refractivity contribution in [1.82, 2.24) is 0 Å². The molecule has 0 aromatic heterocycles. The standard InChI is InChI=1S/C31H34O4.C2H6/c1-3-22-19-35-30-17-25(9-10-26(22)30)34-18-21-5-4-6-23(16-21)31-20(2)15-29(27-11-12-28(27)31)33-14-13-32-24-7-8-24;1-2/h4-6,9-10,15-17,22,24H,3,7-8,11-14,18-19H2,1-2H3;1-2H3/t22-;/m1./s1. The van der Waals surface area contributed by atoms with Gasteiger partial charge in [-0.05, 0) is 90.6 Å². The van der Waals surface area contributed by atoms with Gasteiger partial charge in [0.05, 0.1) is 19.3 Å². The van der Waals surface area contributed by atoms with Crippen LogP contribution >= 0.6 is 0 Å². The molecular weight excluding hydrogens is 460 g/mol. The van der Waals surface area contributed by atoms with E-state index in [0.29, 0.717) is 31.8 Å². The third kappa shape index (κ3) is 5.65. The van der Waals surface area contributed by atoms with Crippen molar-refractivity contribution in [1.29, 1.82) is 0 Å². The minimum absolute atomic E-state index is 0.478. The highest BCUT2D eigenvalue weighted by atomic mass is 16.5. The number of ether oxygens (including phenoxy) is 4.